The summed E-state index contributed by atoms with van der Waals surface area (Å²) in [6, 6.07) is 4.39. The average molecular weight is 458 g/mol. The molecule has 1 saturated heterocycles. The van der Waals surface area contributed by atoms with Gasteiger partial charge < -0.3 is 14.6 Å². The first-order valence-corrected chi connectivity index (χ1v) is 12.6. The van der Waals surface area contributed by atoms with Crippen LogP contribution in [0.2, 0.25) is 0 Å². The quantitative estimate of drug-likeness (QED) is 0.607. The molecule has 1 aromatic carbocycles. The minimum absolute atomic E-state index is 0.0375. The van der Waals surface area contributed by atoms with Crippen LogP contribution in [0.1, 0.15) is 35.6 Å². The molecule has 2 heterocycles. The highest BCUT2D eigenvalue weighted by Gasteiger charge is 2.46. The lowest BCUT2D eigenvalue weighted by atomic mass is 9.95. The van der Waals surface area contributed by atoms with Crippen LogP contribution in [-0.4, -0.2) is 72.5 Å². The van der Waals surface area contributed by atoms with Crippen molar-refractivity contribution in [3.63, 3.8) is 0 Å². The molecule has 1 aromatic rings. The number of fused-ring (bicyclic) bond motifs is 1. The Morgan fingerprint density at radius 3 is 2.69 bits per heavy atom. The number of aliphatic hydroxyl groups is 1. The fraction of sp³-hybridized carbons (Fsp3) is 0.560. The molecule has 2 aliphatic heterocycles. The van der Waals surface area contributed by atoms with E-state index in [2.05, 4.69) is 60.5 Å². The Balaban J connectivity index is 1.76. The van der Waals surface area contributed by atoms with E-state index in [0.717, 1.165) is 29.6 Å². The largest absolute Gasteiger partial charge is 0.496 e. The molecule has 2 unspecified atom stereocenters. The molecule has 0 spiro atoms. The molecule has 0 bridgehead atoms. The third-order valence-corrected chi connectivity index (χ3v) is 7.22. The third kappa shape index (κ3) is 4.62. The summed E-state index contributed by atoms with van der Waals surface area (Å²) in [6.07, 6.45) is 10.7. The van der Waals surface area contributed by atoms with Gasteiger partial charge in [-0.1, -0.05) is 18.2 Å². The van der Waals surface area contributed by atoms with Crippen LogP contribution in [0.3, 0.4) is 0 Å². The highest BCUT2D eigenvalue weighted by Crippen LogP contribution is 2.46. The molecule has 0 radical (unpaired) electrons. The number of nitrogens with zero attached hydrogens (tertiary/aromatic N) is 3. The fourth-order valence-electron chi connectivity index (χ4n) is 4.74. The number of hydrazine groups is 1. The van der Waals surface area contributed by atoms with E-state index in [9.17, 15) is 5.11 Å². The Morgan fingerprint density at radius 1 is 1.25 bits per heavy atom. The maximum Gasteiger partial charge on any atom is 0.125 e. The molecule has 1 saturated carbocycles. The Labute approximate surface area is 195 Å². The number of aliphatic imine (C=N–C) groups is 1. The van der Waals surface area contributed by atoms with Gasteiger partial charge in [-0.15, -0.1) is 11.8 Å². The normalized spacial score (nSPS) is 25.2. The zero-order chi connectivity index (χ0) is 22.8. The van der Waals surface area contributed by atoms with Crippen LogP contribution in [0, 0.1) is 19.8 Å². The number of methoxy groups -OCH3 is 2. The van der Waals surface area contributed by atoms with Gasteiger partial charge in [0.05, 0.1) is 43.8 Å². The number of rotatable bonds is 9. The van der Waals surface area contributed by atoms with Gasteiger partial charge in [-0.3, -0.25) is 10.0 Å². The monoisotopic (exact) mass is 457 g/mol. The van der Waals surface area contributed by atoms with Crippen molar-refractivity contribution in [2.45, 2.75) is 44.2 Å². The van der Waals surface area contributed by atoms with Gasteiger partial charge in [0.15, 0.2) is 0 Å². The number of benzene rings is 1. The van der Waals surface area contributed by atoms with Gasteiger partial charge in [0.25, 0.3) is 0 Å². The predicted octanol–water partition coefficient (Wildman–Crippen LogP) is 3.89. The molecule has 4 rings (SSSR count). The van der Waals surface area contributed by atoms with Gasteiger partial charge in [0.1, 0.15) is 11.1 Å². The zero-order valence-corrected chi connectivity index (χ0v) is 20.6. The number of aryl methyl sites for hydroxylation is 2. The van der Waals surface area contributed by atoms with Gasteiger partial charge in [0.2, 0.25) is 0 Å². The second-order valence-electron chi connectivity index (χ2n) is 8.91. The van der Waals surface area contributed by atoms with E-state index in [1.54, 1.807) is 26.0 Å². The minimum Gasteiger partial charge on any atom is -0.496 e. The highest BCUT2D eigenvalue weighted by atomic mass is 32.2. The summed E-state index contributed by atoms with van der Waals surface area (Å²) in [5.74, 6) is 1.66. The van der Waals surface area contributed by atoms with Crippen molar-refractivity contribution in [1.82, 2.24) is 10.0 Å². The van der Waals surface area contributed by atoms with Crippen molar-refractivity contribution < 1.29 is 14.6 Å². The second kappa shape index (κ2) is 10.00. The van der Waals surface area contributed by atoms with Gasteiger partial charge in [0, 0.05) is 19.2 Å². The van der Waals surface area contributed by atoms with E-state index >= 15 is 0 Å². The topological polar surface area (TPSA) is 57.5 Å². The molecule has 0 amide bonds. The molecule has 7 heteroatoms. The Hall–Kier alpha value is -1.80. The number of allylic oxidation sites excluding steroid dienone is 2. The standard InChI is InChI=1S/C25H35N3O3S/c1-16-11-17(2)23(22(12-16)31-4)20-7-6-8-21-24(26-13-19(29)15-30-3)25(32-5)27(28(20)21)14-18-9-10-18/h6-8,11-12,18-20,25,29H,9-10,13-15H2,1-5H3/t19-,20?,25?/m0/s1. The summed E-state index contributed by atoms with van der Waals surface area (Å²) < 4.78 is 10.9. The number of hydrogen-bond donors (Lipinski definition) is 1. The maximum atomic E-state index is 10.2. The fourth-order valence-corrected chi connectivity index (χ4v) is 5.59. The SMILES string of the molecule is COC[C@@H](O)CN=C1C2=CC=CC(c3c(C)cc(C)cc3OC)N2N(CC2CC2)C1SC. The summed E-state index contributed by atoms with van der Waals surface area (Å²) in [7, 11) is 3.35. The lowest BCUT2D eigenvalue weighted by Gasteiger charge is -2.39. The van der Waals surface area contributed by atoms with E-state index < -0.39 is 6.10 Å². The summed E-state index contributed by atoms with van der Waals surface area (Å²) in [6.45, 7) is 5.91. The van der Waals surface area contributed by atoms with Crippen molar-refractivity contribution in [3.05, 3.63) is 52.7 Å². The molecule has 1 aliphatic carbocycles. The van der Waals surface area contributed by atoms with Crippen LogP contribution in [0.15, 0.2) is 41.1 Å². The molecule has 3 atom stereocenters. The molecular weight excluding hydrogens is 422 g/mol. The van der Waals surface area contributed by atoms with Crippen LogP contribution in [0.5, 0.6) is 5.75 Å². The molecule has 174 valence electrons. The second-order valence-corrected chi connectivity index (χ2v) is 9.83. The minimum atomic E-state index is -0.601. The van der Waals surface area contributed by atoms with Crippen molar-refractivity contribution >= 4 is 17.5 Å². The van der Waals surface area contributed by atoms with Crippen LogP contribution in [0.25, 0.3) is 0 Å². The first-order valence-electron chi connectivity index (χ1n) is 11.3. The smallest absolute Gasteiger partial charge is 0.125 e. The van der Waals surface area contributed by atoms with Gasteiger partial charge >= 0.3 is 0 Å². The number of aliphatic hydroxyl groups excluding tert-OH is 1. The molecule has 2 fully saturated rings. The molecular formula is C25H35N3O3S. The Bertz CT molecular complexity index is 925. The van der Waals surface area contributed by atoms with Crippen LogP contribution >= 0.6 is 11.8 Å². The van der Waals surface area contributed by atoms with Crippen molar-refractivity contribution in [1.29, 1.82) is 0 Å². The average Bonchev–Trinajstić information content (AvgIpc) is 3.53. The first kappa shape index (κ1) is 23.4. The van der Waals surface area contributed by atoms with Crippen LogP contribution in [0.4, 0.5) is 0 Å². The van der Waals surface area contributed by atoms with Crippen LogP contribution in [-0.2, 0) is 4.74 Å². The van der Waals surface area contributed by atoms with Crippen molar-refractivity contribution in [2.75, 3.05) is 40.2 Å². The summed E-state index contributed by atoms with van der Waals surface area (Å²) >= 11 is 1.80. The maximum absolute atomic E-state index is 10.2. The molecule has 6 nitrogen and oxygen atoms in total. The van der Waals surface area contributed by atoms with Crippen LogP contribution < -0.4 is 4.74 Å². The molecule has 32 heavy (non-hydrogen) atoms. The van der Waals surface area contributed by atoms with Crippen molar-refractivity contribution in [3.8, 4) is 5.75 Å². The molecule has 3 aliphatic rings. The Morgan fingerprint density at radius 2 is 2.03 bits per heavy atom. The van der Waals surface area contributed by atoms with Gasteiger partial charge in [-0.25, -0.2) is 5.01 Å². The first-order chi connectivity index (χ1) is 15.5. The molecule has 1 N–H and O–H groups in total. The zero-order valence-electron chi connectivity index (χ0n) is 19.7. The summed E-state index contributed by atoms with van der Waals surface area (Å²) in [5, 5.41) is 15.3. The number of ether oxygens (including phenoxy) is 2. The van der Waals surface area contributed by atoms with E-state index in [1.807, 2.05) is 0 Å². The van der Waals surface area contributed by atoms with Gasteiger partial charge in [-0.05, 0) is 62.1 Å². The lowest BCUT2D eigenvalue weighted by molar-refractivity contribution is 0.00967. The lowest BCUT2D eigenvalue weighted by Crippen LogP contribution is -2.43. The van der Waals surface area contributed by atoms with E-state index in [-0.39, 0.29) is 18.0 Å². The summed E-state index contributed by atoms with van der Waals surface area (Å²) in [5.41, 5.74) is 5.77. The summed E-state index contributed by atoms with van der Waals surface area (Å²) in [4.78, 5) is 4.91. The third-order valence-electron chi connectivity index (χ3n) is 6.31. The number of thioether (sulfide) groups is 1. The van der Waals surface area contributed by atoms with E-state index in [4.69, 9.17) is 14.5 Å². The predicted molar refractivity (Wildman–Crippen MR) is 131 cm³/mol. The van der Waals surface area contributed by atoms with E-state index in [1.165, 1.54) is 29.5 Å². The highest BCUT2D eigenvalue weighted by molar-refractivity contribution is 7.99. The number of hydrogen-bond acceptors (Lipinski definition) is 7. The van der Waals surface area contributed by atoms with Gasteiger partial charge in [-0.2, -0.15) is 0 Å². The Kier molecular flexibility index (Phi) is 7.30. The van der Waals surface area contributed by atoms with Crippen molar-refractivity contribution in [2.24, 2.45) is 10.9 Å². The van der Waals surface area contributed by atoms with E-state index in [0.29, 0.717) is 6.54 Å². The molecule has 0 aromatic heterocycles.